The monoisotopic (exact) mass is 372 g/mol. The van der Waals surface area contributed by atoms with Crippen molar-refractivity contribution in [3.8, 4) is 0 Å². The van der Waals surface area contributed by atoms with Gasteiger partial charge in [-0.2, -0.15) is 0 Å². The van der Waals surface area contributed by atoms with Crippen molar-refractivity contribution in [1.29, 1.82) is 0 Å². The van der Waals surface area contributed by atoms with Gasteiger partial charge in [0.05, 0.1) is 21.3 Å². The zero-order valence-electron chi connectivity index (χ0n) is 16.7. The van der Waals surface area contributed by atoms with Crippen LogP contribution in [0.4, 0.5) is 0 Å². The Morgan fingerprint density at radius 3 is 2.11 bits per heavy atom. The van der Waals surface area contributed by atoms with Gasteiger partial charge < -0.3 is 14.2 Å². The third-order valence-electron chi connectivity index (χ3n) is 6.88. The first kappa shape index (κ1) is 19.5. The predicted octanol–water partition coefficient (Wildman–Crippen LogP) is 3.83. The first-order valence-corrected chi connectivity index (χ1v) is 9.28. The summed E-state index contributed by atoms with van der Waals surface area (Å²) in [5.41, 5.74) is -0.660. The van der Waals surface area contributed by atoms with E-state index in [1.807, 2.05) is 30.3 Å². The molecular formula is C22H28O5. The molecule has 0 radical (unpaired) electrons. The lowest BCUT2D eigenvalue weighted by Gasteiger charge is -2.35. The van der Waals surface area contributed by atoms with Gasteiger partial charge in [-0.15, -0.1) is 0 Å². The van der Waals surface area contributed by atoms with Gasteiger partial charge in [-0.1, -0.05) is 44.2 Å². The summed E-state index contributed by atoms with van der Waals surface area (Å²) in [6, 6.07) is 9.87. The lowest BCUT2D eigenvalue weighted by atomic mass is 9.68. The molecular weight excluding hydrogens is 344 g/mol. The van der Waals surface area contributed by atoms with Crippen molar-refractivity contribution in [2.45, 2.75) is 33.1 Å². The summed E-state index contributed by atoms with van der Waals surface area (Å²) in [5.74, 6) is 0.113. The van der Waals surface area contributed by atoms with Crippen LogP contribution >= 0.6 is 0 Å². The average Bonchev–Trinajstić information content (AvgIpc) is 3.18. The molecule has 0 unspecified atom stereocenters. The van der Waals surface area contributed by atoms with Crippen LogP contribution in [0.5, 0.6) is 0 Å². The highest BCUT2D eigenvalue weighted by Gasteiger charge is 2.75. The molecule has 0 saturated heterocycles. The molecule has 2 saturated carbocycles. The summed E-state index contributed by atoms with van der Waals surface area (Å²) in [6.45, 7) is 4.38. The first-order chi connectivity index (χ1) is 12.8. The molecule has 146 valence electrons. The number of benzene rings is 1. The van der Waals surface area contributed by atoms with Crippen molar-refractivity contribution in [2.75, 3.05) is 21.3 Å². The number of ether oxygens (including phenoxy) is 3. The van der Waals surface area contributed by atoms with Crippen molar-refractivity contribution < 1.29 is 23.8 Å². The summed E-state index contributed by atoms with van der Waals surface area (Å²) in [4.78, 5) is 25.3. The zero-order chi connectivity index (χ0) is 19.9. The van der Waals surface area contributed by atoms with E-state index >= 15 is 0 Å². The lowest BCUT2D eigenvalue weighted by Crippen LogP contribution is -2.45. The fraction of sp³-hybridized carbons (Fsp3) is 0.545. The van der Waals surface area contributed by atoms with E-state index in [2.05, 4.69) is 19.9 Å². The largest absolute Gasteiger partial charge is 0.496 e. The molecule has 27 heavy (non-hydrogen) atoms. The minimum Gasteiger partial charge on any atom is -0.496 e. The third-order valence-corrected chi connectivity index (χ3v) is 6.88. The normalized spacial score (nSPS) is 27.9. The lowest BCUT2D eigenvalue weighted by molar-refractivity contribution is -0.173. The SMILES string of the molecule is COC(=O)C1(C(=O)OC)CC[C@H]2C(C)(C)[C@@]2(/C=C(/OC)c2ccccc2)C1. The number of fused-ring (bicyclic) bond motifs is 1. The molecule has 0 bridgehead atoms. The Hall–Kier alpha value is -2.30. The molecule has 2 fully saturated rings. The Kier molecular flexibility index (Phi) is 4.83. The van der Waals surface area contributed by atoms with Crippen LogP contribution in [0.1, 0.15) is 38.7 Å². The highest BCUT2D eigenvalue weighted by Crippen LogP contribution is 2.78. The highest BCUT2D eigenvalue weighted by molar-refractivity contribution is 6.00. The number of esters is 2. The number of carbonyl (C=O) groups is 2. The summed E-state index contributed by atoms with van der Waals surface area (Å²) >= 11 is 0. The average molecular weight is 372 g/mol. The first-order valence-electron chi connectivity index (χ1n) is 9.28. The van der Waals surface area contributed by atoms with Crippen LogP contribution in [0.2, 0.25) is 0 Å². The van der Waals surface area contributed by atoms with E-state index in [0.29, 0.717) is 18.8 Å². The molecule has 0 aromatic heterocycles. The van der Waals surface area contributed by atoms with Crippen molar-refractivity contribution >= 4 is 17.7 Å². The van der Waals surface area contributed by atoms with Crippen molar-refractivity contribution in [1.82, 2.24) is 0 Å². The third kappa shape index (κ3) is 2.75. The number of allylic oxidation sites excluding steroid dienone is 1. The molecule has 0 heterocycles. The zero-order valence-corrected chi connectivity index (χ0v) is 16.7. The highest BCUT2D eigenvalue weighted by atomic mass is 16.5. The maximum atomic E-state index is 12.7. The Balaban J connectivity index is 2.07. The van der Waals surface area contributed by atoms with Crippen LogP contribution in [0.25, 0.3) is 5.76 Å². The van der Waals surface area contributed by atoms with Gasteiger partial charge >= 0.3 is 11.9 Å². The molecule has 5 nitrogen and oxygen atoms in total. The quantitative estimate of drug-likeness (QED) is 0.446. The van der Waals surface area contributed by atoms with E-state index in [1.165, 1.54) is 14.2 Å². The van der Waals surface area contributed by atoms with Crippen LogP contribution < -0.4 is 0 Å². The van der Waals surface area contributed by atoms with Crippen LogP contribution in [-0.4, -0.2) is 33.3 Å². The number of methoxy groups -OCH3 is 3. The standard InChI is InChI=1S/C22H28O5/c1-20(2)17-11-12-21(18(23)26-4,19(24)27-5)14-22(17,20)13-16(25-3)15-9-7-6-8-10-15/h6-10,13,17H,11-12,14H2,1-5H3/b16-13+/t17-,22-/m0/s1. The van der Waals surface area contributed by atoms with Gasteiger partial charge in [0.25, 0.3) is 0 Å². The van der Waals surface area contributed by atoms with Gasteiger partial charge in [0.1, 0.15) is 5.76 Å². The van der Waals surface area contributed by atoms with Crippen LogP contribution in [-0.2, 0) is 23.8 Å². The van der Waals surface area contributed by atoms with Crippen molar-refractivity contribution in [3.05, 3.63) is 42.0 Å². The summed E-state index contributed by atoms with van der Waals surface area (Å²) in [5, 5.41) is 0. The Labute approximate surface area is 160 Å². The predicted molar refractivity (Wildman–Crippen MR) is 101 cm³/mol. The van der Waals surface area contributed by atoms with E-state index in [-0.39, 0.29) is 10.8 Å². The molecule has 1 aromatic rings. The molecule has 0 amide bonds. The number of hydrogen-bond acceptors (Lipinski definition) is 5. The van der Waals surface area contributed by atoms with Gasteiger partial charge in [-0.05, 0) is 36.7 Å². The molecule has 0 N–H and O–H groups in total. The fourth-order valence-electron chi connectivity index (χ4n) is 5.21. The molecule has 2 atom stereocenters. The molecule has 5 heteroatoms. The fourth-order valence-corrected chi connectivity index (χ4v) is 5.21. The number of carbonyl (C=O) groups excluding carboxylic acids is 2. The Morgan fingerprint density at radius 2 is 1.59 bits per heavy atom. The van der Waals surface area contributed by atoms with Gasteiger partial charge in [-0.25, -0.2) is 0 Å². The second kappa shape index (κ2) is 6.70. The van der Waals surface area contributed by atoms with Gasteiger partial charge in [0.15, 0.2) is 5.41 Å². The van der Waals surface area contributed by atoms with E-state index in [1.54, 1.807) is 7.11 Å². The minimum absolute atomic E-state index is 0.0463. The van der Waals surface area contributed by atoms with E-state index in [0.717, 1.165) is 17.7 Å². The van der Waals surface area contributed by atoms with E-state index < -0.39 is 17.4 Å². The Morgan fingerprint density at radius 1 is 1.00 bits per heavy atom. The smallest absolute Gasteiger partial charge is 0.323 e. The van der Waals surface area contributed by atoms with Crippen LogP contribution in [0, 0.1) is 22.2 Å². The summed E-state index contributed by atoms with van der Waals surface area (Å²) < 4.78 is 15.7. The second-order valence-electron chi connectivity index (χ2n) is 8.17. The van der Waals surface area contributed by atoms with E-state index in [9.17, 15) is 9.59 Å². The van der Waals surface area contributed by atoms with Crippen molar-refractivity contribution in [3.63, 3.8) is 0 Å². The molecule has 2 aliphatic rings. The molecule has 0 spiro atoms. The number of rotatable bonds is 5. The summed E-state index contributed by atoms with van der Waals surface area (Å²) in [6.07, 6.45) is 3.70. The van der Waals surface area contributed by atoms with Gasteiger partial charge in [0, 0.05) is 11.0 Å². The van der Waals surface area contributed by atoms with Crippen molar-refractivity contribution in [2.24, 2.45) is 22.2 Å². The van der Waals surface area contributed by atoms with Gasteiger partial charge in [0.2, 0.25) is 0 Å². The van der Waals surface area contributed by atoms with Crippen LogP contribution in [0.15, 0.2) is 36.4 Å². The molecule has 1 aromatic carbocycles. The maximum Gasteiger partial charge on any atom is 0.323 e. The minimum atomic E-state index is -1.26. The van der Waals surface area contributed by atoms with Gasteiger partial charge in [-0.3, -0.25) is 9.59 Å². The Bertz CT molecular complexity index is 748. The second-order valence-corrected chi connectivity index (χ2v) is 8.17. The molecule has 0 aliphatic heterocycles. The summed E-state index contributed by atoms with van der Waals surface area (Å²) in [7, 11) is 4.30. The number of hydrogen-bond donors (Lipinski definition) is 0. The van der Waals surface area contributed by atoms with Crippen LogP contribution in [0.3, 0.4) is 0 Å². The topological polar surface area (TPSA) is 61.8 Å². The molecule has 3 rings (SSSR count). The van der Waals surface area contributed by atoms with E-state index in [4.69, 9.17) is 14.2 Å². The molecule has 2 aliphatic carbocycles. The maximum absolute atomic E-state index is 12.7.